The molecule has 4 aromatic carbocycles. The van der Waals surface area contributed by atoms with E-state index in [1.165, 1.54) is 36.4 Å². The Labute approximate surface area is 302 Å². The summed E-state index contributed by atoms with van der Waals surface area (Å²) >= 11 is 0. The summed E-state index contributed by atoms with van der Waals surface area (Å²) in [5.74, 6) is 10.0. The van der Waals surface area contributed by atoms with E-state index in [0.29, 0.717) is 24.2 Å². The first-order valence-corrected chi connectivity index (χ1v) is 15.3. The topological polar surface area (TPSA) is 122 Å². The van der Waals surface area contributed by atoms with E-state index >= 15 is 0 Å². The lowest BCUT2D eigenvalue weighted by Crippen LogP contribution is -2.46. The first kappa shape index (κ1) is 37.5. The van der Waals surface area contributed by atoms with E-state index in [-0.39, 0.29) is 93.6 Å². The van der Waals surface area contributed by atoms with Crippen molar-refractivity contribution in [2.75, 3.05) is 54.4 Å². The van der Waals surface area contributed by atoms with Crippen LogP contribution in [0.4, 0.5) is 0 Å². The average Bonchev–Trinajstić information content (AvgIpc) is 3.05. The second-order valence-corrected chi connectivity index (χ2v) is 12.2. The number of amides is 4. The molecule has 0 spiro atoms. The van der Waals surface area contributed by atoms with E-state index in [2.05, 4.69) is 23.7 Å². The Morgan fingerprint density at radius 3 is 1.20 bits per heavy atom. The molecule has 12 heteroatoms. The molecule has 4 aromatic rings. The Kier molecular flexibility index (Phi) is 11.3. The number of phenols is 2. The van der Waals surface area contributed by atoms with Crippen LogP contribution in [0.3, 0.4) is 0 Å². The third kappa shape index (κ3) is 7.02. The Bertz CT molecular complexity index is 2000. The highest BCUT2D eigenvalue weighted by Gasteiger charge is 2.42. The van der Waals surface area contributed by atoms with Crippen molar-refractivity contribution in [3.8, 4) is 35.2 Å². The van der Waals surface area contributed by atoms with Gasteiger partial charge < -0.3 is 20.0 Å². The van der Waals surface area contributed by atoms with E-state index in [1.807, 2.05) is 38.0 Å². The number of likely N-dealkylation sites (N-methyl/N-ethyl adjacent to an activating group) is 2. The van der Waals surface area contributed by atoms with Gasteiger partial charge in [0.05, 0.1) is 11.1 Å². The van der Waals surface area contributed by atoms with Gasteiger partial charge in [-0.2, -0.15) is 0 Å². The van der Waals surface area contributed by atoms with Crippen LogP contribution < -0.4 is 0 Å². The van der Waals surface area contributed by atoms with Crippen molar-refractivity contribution in [3.63, 3.8) is 0 Å². The largest absolute Gasteiger partial charge is 0.508 e. The Balaban J connectivity index is 0.00000281. The van der Waals surface area contributed by atoms with Crippen molar-refractivity contribution in [1.82, 2.24) is 19.6 Å². The highest BCUT2D eigenvalue weighted by molar-refractivity contribution is 6.34. The molecule has 2 N–H and O–H groups in total. The van der Waals surface area contributed by atoms with Crippen LogP contribution in [0.2, 0.25) is 0 Å². The molecule has 2 aliphatic heterocycles. The number of phenolic OH excluding ortho intramolecular Hbond substituents is 2. The maximum absolute atomic E-state index is 14.2. The van der Waals surface area contributed by atoms with Gasteiger partial charge in [0.25, 0.3) is 23.6 Å². The van der Waals surface area contributed by atoms with Crippen molar-refractivity contribution in [1.29, 1.82) is 0 Å². The van der Waals surface area contributed by atoms with Gasteiger partial charge in [0.15, 0.2) is 0 Å². The van der Waals surface area contributed by atoms with Crippen LogP contribution in [0.1, 0.15) is 63.7 Å². The lowest BCUT2D eigenvalue weighted by Gasteiger charge is -2.33. The Morgan fingerprint density at radius 1 is 0.540 bits per heavy atom. The SMILES string of the molecule is CN(C)CCN1C(=O)c2cc(C#Cc3ccc(O)cc3)c3c4c(cc(C#Cc5ccc(O)cc5)c(c24)C1=O)C(=O)N(CCN(C)C)C3=O.Cl.Cl. The molecular formula is C38H34Cl2N4O6. The summed E-state index contributed by atoms with van der Waals surface area (Å²) in [5.41, 5.74) is 2.17. The van der Waals surface area contributed by atoms with Gasteiger partial charge in [-0.05, 0) is 88.9 Å². The van der Waals surface area contributed by atoms with Crippen molar-refractivity contribution in [3.05, 3.63) is 105 Å². The first-order valence-electron chi connectivity index (χ1n) is 15.3. The fourth-order valence-corrected chi connectivity index (χ4v) is 5.73. The van der Waals surface area contributed by atoms with E-state index < -0.39 is 23.6 Å². The van der Waals surface area contributed by atoms with Crippen molar-refractivity contribution in [2.24, 2.45) is 0 Å². The molecule has 0 bridgehead atoms. The minimum Gasteiger partial charge on any atom is -0.508 e. The number of benzene rings is 4. The summed E-state index contributed by atoms with van der Waals surface area (Å²) in [6.07, 6.45) is 0. The third-order valence-corrected chi connectivity index (χ3v) is 8.23. The number of hydrogen-bond donors (Lipinski definition) is 2. The van der Waals surface area contributed by atoms with Crippen LogP contribution in [-0.2, 0) is 0 Å². The zero-order chi connectivity index (χ0) is 34.3. The molecule has 0 radical (unpaired) electrons. The van der Waals surface area contributed by atoms with E-state index in [0.717, 1.165) is 9.80 Å². The highest BCUT2D eigenvalue weighted by Crippen LogP contribution is 2.41. The molecule has 256 valence electrons. The number of rotatable bonds is 6. The normalized spacial score (nSPS) is 13.1. The van der Waals surface area contributed by atoms with Gasteiger partial charge in [-0.25, -0.2) is 0 Å². The molecule has 0 aliphatic carbocycles. The monoisotopic (exact) mass is 712 g/mol. The van der Waals surface area contributed by atoms with Crippen LogP contribution in [0.15, 0.2) is 60.7 Å². The Morgan fingerprint density at radius 2 is 0.880 bits per heavy atom. The molecule has 0 unspecified atom stereocenters. The minimum atomic E-state index is -0.570. The number of imide groups is 2. The molecule has 0 aromatic heterocycles. The van der Waals surface area contributed by atoms with E-state index in [4.69, 9.17) is 0 Å². The van der Waals surface area contributed by atoms with Gasteiger partial charge in [-0.1, -0.05) is 23.7 Å². The molecular weight excluding hydrogens is 679 g/mol. The Hall–Kier alpha value is -5.36. The van der Waals surface area contributed by atoms with Crippen LogP contribution >= 0.6 is 24.8 Å². The highest BCUT2D eigenvalue weighted by atomic mass is 35.5. The van der Waals surface area contributed by atoms with Gasteiger partial charge in [0.2, 0.25) is 0 Å². The molecule has 50 heavy (non-hydrogen) atoms. The molecule has 2 heterocycles. The van der Waals surface area contributed by atoms with Crippen LogP contribution in [-0.4, -0.2) is 108 Å². The number of nitrogens with zero attached hydrogens (tertiary/aromatic N) is 4. The number of aromatic hydroxyl groups is 2. The molecule has 0 atom stereocenters. The lowest BCUT2D eigenvalue weighted by atomic mass is 9.81. The maximum Gasteiger partial charge on any atom is 0.262 e. The minimum absolute atomic E-state index is 0. The van der Waals surface area contributed by atoms with Crippen LogP contribution in [0.25, 0.3) is 10.8 Å². The molecule has 2 aliphatic rings. The van der Waals surface area contributed by atoms with Gasteiger partial charge in [-0.15, -0.1) is 24.8 Å². The van der Waals surface area contributed by atoms with Crippen molar-refractivity contribution in [2.45, 2.75) is 0 Å². The molecule has 4 amide bonds. The second kappa shape index (κ2) is 15.0. The van der Waals surface area contributed by atoms with Crippen LogP contribution in [0.5, 0.6) is 11.5 Å². The first-order chi connectivity index (χ1) is 22.9. The summed E-state index contributed by atoms with van der Waals surface area (Å²) < 4.78 is 0. The predicted molar refractivity (Wildman–Crippen MR) is 194 cm³/mol. The zero-order valence-electron chi connectivity index (χ0n) is 27.7. The lowest BCUT2D eigenvalue weighted by molar-refractivity contribution is 0.0579. The number of carbonyl (C=O) groups excluding carboxylic acids is 4. The average molecular weight is 714 g/mol. The fourth-order valence-electron chi connectivity index (χ4n) is 5.73. The molecule has 0 saturated heterocycles. The quantitative estimate of drug-likeness (QED) is 0.225. The molecule has 0 fully saturated rings. The molecule has 10 nitrogen and oxygen atoms in total. The predicted octanol–water partition coefficient (Wildman–Crippen LogP) is 4.21. The van der Waals surface area contributed by atoms with Gasteiger partial charge in [-0.3, -0.25) is 29.0 Å². The smallest absolute Gasteiger partial charge is 0.262 e. The number of halogens is 2. The summed E-state index contributed by atoms with van der Waals surface area (Å²) in [6, 6.07) is 15.6. The number of carbonyl (C=O) groups is 4. The maximum atomic E-state index is 14.2. The fraction of sp³-hybridized carbons (Fsp3) is 0.211. The summed E-state index contributed by atoms with van der Waals surface area (Å²) in [6.45, 7) is 1.02. The van der Waals surface area contributed by atoms with Gasteiger partial charge in [0, 0.05) is 70.3 Å². The van der Waals surface area contributed by atoms with Crippen LogP contribution in [0, 0.1) is 23.7 Å². The van der Waals surface area contributed by atoms with Gasteiger partial charge in [0.1, 0.15) is 11.5 Å². The van der Waals surface area contributed by atoms with Crippen molar-refractivity contribution < 1.29 is 29.4 Å². The second-order valence-electron chi connectivity index (χ2n) is 12.2. The summed E-state index contributed by atoms with van der Waals surface area (Å²) in [7, 11) is 7.35. The summed E-state index contributed by atoms with van der Waals surface area (Å²) in [4.78, 5) is 62.7. The third-order valence-electron chi connectivity index (χ3n) is 8.23. The standard InChI is InChI=1S/C38H32N4O6.2ClH/c1-39(2)17-19-41-35(45)29-21-26(12-6-24-9-15-28(44)16-10-24)32-34-30(36(46)42(38(32)48)20-18-40(3)4)22-25(31(33(29)34)37(41)47)11-5-23-7-13-27(43)14-8-23;;/h7-10,13-16,21-22,43-44H,17-20H2,1-4H3;2*1H. The molecule has 0 saturated carbocycles. The zero-order valence-corrected chi connectivity index (χ0v) is 29.4. The summed E-state index contributed by atoms with van der Waals surface area (Å²) in [5, 5.41) is 19.9. The molecule has 6 rings (SSSR count). The van der Waals surface area contributed by atoms with Crippen molar-refractivity contribution >= 4 is 59.2 Å². The van der Waals surface area contributed by atoms with E-state index in [9.17, 15) is 29.4 Å². The number of hydrogen-bond acceptors (Lipinski definition) is 8. The van der Waals surface area contributed by atoms with Gasteiger partial charge >= 0.3 is 0 Å². The van der Waals surface area contributed by atoms with E-state index in [1.54, 1.807) is 24.3 Å².